The number of ether oxygens (including phenoxy) is 1. The Labute approximate surface area is 139 Å². The van der Waals surface area contributed by atoms with Gasteiger partial charge in [-0.3, -0.25) is 9.59 Å². The van der Waals surface area contributed by atoms with Crippen molar-refractivity contribution >= 4 is 17.5 Å². The van der Waals surface area contributed by atoms with Crippen LogP contribution in [0.25, 0.3) is 0 Å². The van der Waals surface area contributed by atoms with E-state index < -0.39 is 0 Å². The Bertz CT molecular complexity index is 719. The maximum atomic E-state index is 12.8. The van der Waals surface area contributed by atoms with Gasteiger partial charge in [0.15, 0.2) is 6.61 Å². The van der Waals surface area contributed by atoms with E-state index in [1.807, 2.05) is 30.3 Å². The number of rotatable bonds is 5. The lowest BCUT2D eigenvalue weighted by atomic mass is 10.2. The number of benzene rings is 2. The molecule has 2 amide bonds. The van der Waals surface area contributed by atoms with Gasteiger partial charge in [0.2, 0.25) is 5.91 Å². The third kappa shape index (κ3) is 3.90. The number of carbonyl (C=O) groups excluding carboxylic acids is 2. The Balaban J connectivity index is 1.50. The van der Waals surface area contributed by atoms with Crippen LogP contribution in [0.3, 0.4) is 0 Å². The lowest BCUT2D eigenvalue weighted by Gasteiger charge is -2.17. The zero-order valence-electron chi connectivity index (χ0n) is 12.9. The molecule has 2 aromatic carbocycles. The summed E-state index contributed by atoms with van der Waals surface area (Å²) in [6, 6.07) is 14.5. The van der Waals surface area contributed by atoms with Gasteiger partial charge in [0.25, 0.3) is 5.91 Å². The van der Waals surface area contributed by atoms with Crippen molar-refractivity contribution in [3.63, 3.8) is 0 Å². The normalized spacial score (nSPS) is 17.0. The fraction of sp³-hybridized carbons (Fsp3) is 0.222. The molecule has 124 valence electrons. The predicted octanol–water partition coefficient (Wildman–Crippen LogP) is 2.13. The number of halogens is 1. The summed E-state index contributed by atoms with van der Waals surface area (Å²) in [7, 11) is 0. The smallest absolute Gasteiger partial charge is 0.258 e. The Morgan fingerprint density at radius 1 is 1.17 bits per heavy atom. The van der Waals surface area contributed by atoms with Crippen molar-refractivity contribution in [2.45, 2.75) is 12.5 Å². The number of hydrogen-bond donors (Lipinski definition) is 1. The van der Waals surface area contributed by atoms with E-state index in [9.17, 15) is 14.0 Å². The minimum absolute atomic E-state index is 0.0223. The summed E-state index contributed by atoms with van der Waals surface area (Å²) >= 11 is 0. The van der Waals surface area contributed by atoms with Crippen molar-refractivity contribution in [2.24, 2.45) is 0 Å². The molecular formula is C18H17FN2O3. The summed E-state index contributed by atoms with van der Waals surface area (Å²) in [5.41, 5.74) is 0.821. The Hall–Kier alpha value is -2.89. The molecule has 0 aromatic heterocycles. The lowest BCUT2D eigenvalue weighted by molar-refractivity contribution is -0.123. The number of amides is 2. The van der Waals surface area contributed by atoms with E-state index in [1.165, 1.54) is 24.3 Å². The highest BCUT2D eigenvalue weighted by molar-refractivity contribution is 5.96. The van der Waals surface area contributed by atoms with Crippen molar-refractivity contribution in [2.75, 3.05) is 18.1 Å². The number of anilines is 1. The van der Waals surface area contributed by atoms with Gasteiger partial charge in [0.1, 0.15) is 11.6 Å². The van der Waals surface area contributed by atoms with Gasteiger partial charge in [-0.05, 0) is 36.4 Å². The first kappa shape index (κ1) is 16.0. The third-order valence-electron chi connectivity index (χ3n) is 3.74. The number of carbonyl (C=O) groups is 2. The number of hydrogen-bond acceptors (Lipinski definition) is 3. The zero-order valence-corrected chi connectivity index (χ0v) is 12.9. The van der Waals surface area contributed by atoms with E-state index in [0.717, 1.165) is 5.69 Å². The van der Waals surface area contributed by atoms with Crippen LogP contribution in [0.15, 0.2) is 54.6 Å². The van der Waals surface area contributed by atoms with Crippen LogP contribution < -0.4 is 15.0 Å². The monoisotopic (exact) mass is 328 g/mol. The van der Waals surface area contributed by atoms with Gasteiger partial charge in [-0.2, -0.15) is 0 Å². The molecule has 1 N–H and O–H groups in total. The molecule has 1 atom stereocenters. The minimum Gasteiger partial charge on any atom is -0.484 e. The largest absolute Gasteiger partial charge is 0.484 e. The molecule has 1 aliphatic heterocycles. The van der Waals surface area contributed by atoms with Crippen LogP contribution in [0, 0.1) is 5.82 Å². The molecule has 0 saturated carbocycles. The summed E-state index contributed by atoms with van der Waals surface area (Å²) < 4.78 is 18.1. The SMILES string of the molecule is O=C(COc1ccc(F)cc1)N[C@H]1CC(=O)N(c2ccccc2)C1. The minimum atomic E-state index is -0.364. The summed E-state index contributed by atoms with van der Waals surface area (Å²) in [4.78, 5) is 25.7. The van der Waals surface area contributed by atoms with Crippen molar-refractivity contribution in [3.8, 4) is 5.75 Å². The van der Waals surface area contributed by atoms with Crippen molar-refractivity contribution in [1.29, 1.82) is 0 Å². The van der Waals surface area contributed by atoms with E-state index in [4.69, 9.17) is 4.74 Å². The molecule has 1 saturated heterocycles. The third-order valence-corrected chi connectivity index (χ3v) is 3.74. The standard InChI is InChI=1S/C18H17FN2O3/c19-13-6-8-16(9-7-13)24-12-17(22)20-14-10-18(23)21(11-14)15-4-2-1-3-5-15/h1-9,14H,10-12H2,(H,20,22)/t14-/m0/s1. The second-order valence-corrected chi connectivity index (χ2v) is 5.55. The van der Waals surface area contributed by atoms with Gasteiger partial charge in [0, 0.05) is 18.7 Å². The van der Waals surface area contributed by atoms with Crippen LogP contribution in [0.2, 0.25) is 0 Å². The number of para-hydroxylation sites is 1. The molecule has 1 heterocycles. The van der Waals surface area contributed by atoms with Gasteiger partial charge in [-0.25, -0.2) is 4.39 Å². The summed E-state index contributed by atoms with van der Waals surface area (Å²) in [6.45, 7) is 0.257. The van der Waals surface area contributed by atoms with Crippen LogP contribution in [-0.2, 0) is 9.59 Å². The molecule has 1 aliphatic rings. The molecule has 24 heavy (non-hydrogen) atoms. The van der Waals surface area contributed by atoms with E-state index in [0.29, 0.717) is 12.3 Å². The van der Waals surface area contributed by atoms with Crippen LogP contribution in [0.5, 0.6) is 5.75 Å². The highest BCUT2D eigenvalue weighted by Gasteiger charge is 2.31. The topological polar surface area (TPSA) is 58.6 Å². The van der Waals surface area contributed by atoms with Gasteiger partial charge < -0.3 is 15.0 Å². The molecule has 0 aliphatic carbocycles. The highest BCUT2D eigenvalue weighted by atomic mass is 19.1. The van der Waals surface area contributed by atoms with Gasteiger partial charge in [-0.1, -0.05) is 18.2 Å². The molecule has 0 bridgehead atoms. The molecule has 0 radical (unpaired) electrons. The Morgan fingerprint density at radius 2 is 1.88 bits per heavy atom. The van der Waals surface area contributed by atoms with Gasteiger partial charge in [0.05, 0.1) is 6.04 Å². The molecule has 2 aromatic rings. The van der Waals surface area contributed by atoms with Crippen LogP contribution in [0.1, 0.15) is 6.42 Å². The number of nitrogens with zero attached hydrogens (tertiary/aromatic N) is 1. The molecule has 3 rings (SSSR count). The van der Waals surface area contributed by atoms with Gasteiger partial charge in [-0.15, -0.1) is 0 Å². The van der Waals surface area contributed by atoms with Crippen LogP contribution >= 0.6 is 0 Å². The van der Waals surface area contributed by atoms with Crippen molar-refractivity contribution in [1.82, 2.24) is 5.32 Å². The highest BCUT2D eigenvalue weighted by Crippen LogP contribution is 2.21. The first-order chi connectivity index (χ1) is 11.6. The quantitative estimate of drug-likeness (QED) is 0.915. The van der Waals surface area contributed by atoms with Crippen molar-refractivity contribution < 1.29 is 18.7 Å². The van der Waals surface area contributed by atoms with E-state index in [-0.39, 0.29) is 36.7 Å². The lowest BCUT2D eigenvalue weighted by Crippen LogP contribution is -2.39. The summed E-state index contributed by atoms with van der Waals surface area (Å²) in [6.07, 6.45) is 0.261. The van der Waals surface area contributed by atoms with Gasteiger partial charge >= 0.3 is 0 Å². The molecular weight excluding hydrogens is 311 g/mol. The molecule has 1 fully saturated rings. The maximum Gasteiger partial charge on any atom is 0.258 e. The second kappa shape index (κ2) is 7.12. The Morgan fingerprint density at radius 3 is 2.58 bits per heavy atom. The Kier molecular flexibility index (Phi) is 4.74. The molecule has 0 unspecified atom stereocenters. The summed E-state index contributed by atoms with van der Waals surface area (Å²) in [5.74, 6) is -0.282. The van der Waals surface area contributed by atoms with E-state index in [1.54, 1.807) is 4.90 Å². The molecule has 6 heteroatoms. The van der Waals surface area contributed by atoms with E-state index in [2.05, 4.69) is 5.32 Å². The van der Waals surface area contributed by atoms with Crippen LogP contribution in [0.4, 0.5) is 10.1 Å². The average molecular weight is 328 g/mol. The zero-order chi connectivity index (χ0) is 16.9. The van der Waals surface area contributed by atoms with Crippen LogP contribution in [-0.4, -0.2) is 31.0 Å². The first-order valence-corrected chi connectivity index (χ1v) is 7.65. The predicted molar refractivity (Wildman–Crippen MR) is 87.2 cm³/mol. The molecule has 5 nitrogen and oxygen atoms in total. The van der Waals surface area contributed by atoms with E-state index >= 15 is 0 Å². The van der Waals surface area contributed by atoms with Crippen molar-refractivity contribution in [3.05, 3.63) is 60.4 Å². The fourth-order valence-corrected chi connectivity index (χ4v) is 2.61. The number of nitrogens with one attached hydrogen (secondary N) is 1. The molecule has 0 spiro atoms. The average Bonchev–Trinajstić information content (AvgIpc) is 2.95. The second-order valence-electron chi connectivity index (χ2n) is 5.55. The maximum absolute atomic E-state index is 12.8. The first-order valence-electron chi connectivity index (χ1n) is 7.65. The fourth-order valence-electron chi connectivity index (χ4n) is 2.61. The summed E-state index contributed by atoms with van der Waals surface area (Å²) in [5, 5.41) is 2.79.